The summed E-state index contributed by atoms with van der Waals surface area (Å²) in [6.07, 6.45) is 5.33. The van der Waals surface area contributed by atoms with Gasteiger partial charge in [-0.2, -0.15) is 0 Å². The number of hydrogen-bond donors (Lipinski definition) is 0. The van der Waals surface area contributed by atoms with E-state index in [0.29, 0.717) is 6.04 Å². The van der Waals surface area contributed by atoms with Crippen LogP contribution < -0.4 is 4.74 Å². The molecule has 0 bridgehead atoms. The lowest BCUT2D eigenvalue weighted by molar-refractivity contribution is -0.129. The molecule has 22 heavy (non-hydrogen) atoms. The number of benzene rings is 1. The molecule has 2 heterocycles. The number of carbonyl (C=O) groups is 1. The Bertz CT molecular complexity index is 511. The molecule has 0 spiro atoms. The van der Waals surface area contributed by atoms with Gasteiger partial charge in [-0.3, -0.25) is 4.79 Å². The highest BCUT2D eigenvalue weighted by atomic mass is 16.5. The van der Waals surface area contributed by atoms with E-state index >= 15 is 0 Å². The van der Waals surface area contributed by atoms with Crippen LogP contribution in [0.1, 0.15) is 38.2 Å². The van der Waals surface area contributed by atoms with Crippen LogP contribution in [0.5, 0.6) is 5.75 Å². The molecule has 120 valence electrons. The van der Waals surface area contributed by atoms with E-state index in [-0.39, 0.29) is 12.0 Å². The highest BCUT2D eigenvalue weighted by Crippen LogP contribution is 2.24. The summed E-state index contributed by atoms with van der Waals surface area (Å²) in [4.78, 5) is 13.7. The van der Waals surface area contributed by atoms with Gasteiger partial charge in [0.05, 0.1) is 13.2 Å². The molecule has 0 aromatic heterocycles. The van der Waals surface area contributed by atoms with Gasteiger partial charge in [-0.05, 0) is 37.0 Å². The molecule has 1 aromatic carbocycles. The van der Waals surface area contributed by atoms with Crippen LogP contribution in [-0.4, -0.2) is 42.7 Å². The molecule has 0 N–H and O–H groups in total. The molecule has 2 fully saturated rings. The Morgan fingerprint density at radius 1 is 1.32 bits per heavy atom. The van der Waals surface area contributed by atoms with E-state index in [1.165, 1.54) is 5.56 Å². The largest absolute Gasteiger partial charge is 0.490 e. The minimum absolute atomic E-state index is 0.192. The number of likely N-dealkylation sites (tertiary alicyclic amines) is 1. The van der Waals surface area contributed by atoms with Gasteiger partial charge < -0.3 is 14.4 Å². The number of amides is 1. The molecule has 4 heteroatoms. The maximum absolute atomic E-state index is 11.7. The predicted molar refractivity (Wildman–Crippen MR) is 85.0 cm³/mol. The molecule has 1 atom stereocenters. The molecule has 2 aliphatic heterocycles. The normalized spacial score (nSPS) is 22.8. The van der Waals surface area contributed by atoms with E-state index in [2.05, 4.69) is 18.2 Å². The van der Waals surface area contributed by atoms with Crippen molar-refractivity contribution in [2.45, 2.75) is 51.2 Å². The highest BCUT2D eigenvalue weighted by molar-refractivity contribution is 5.73. The van der Waals surface area contributed by atoms with Crippen LogP contribution in [0, 0.1) is 0 Å². The average molecular weight is 303 g/mol. The number of hydrogen-bond acceptors (Lipinski definition) is 3. The number of ether oxygens (including phenoxy) is 2. The average Bonchev–Trinajstić information content (AvgIpc) is 2.97. The Morgan fingerprint density at radius 3 is 2.91 bits per heavy atom. The summed E-state index contributed by atoms with van der Waals surface area (Å²) >= 11 is 0. The van der Waals surface area contributed by atoms with Crippen LogP contribution >= 0.6 is 0 Å². The van der Waals surface area contributed by atoms with E-state index < -0.39 is 0 Å². The van der Waals surface area contributed by atoms with Crippen LogP contribution in [0.2, 0.25) is 0 Å². The standard InChI is InChI=1S/C18H25NO3/c1-14(20)19-9-3-5-16(19)12-15-4-2-6-18(13-15)22-17-7-10-21-11-8-17/h2,4,6,13,16-17H,3,5,7-12H2,1H3. The van der Waals surface area contributed by atoms with Crippen molar-refractivity contribution in [1.29, 1.82) is 0 Å². The molecule has 1 aromatic rings. The van der Waals surface area contributed by atoms with E-state index in [0.717, 1.165) is 57.6 Å². The molecule has 1 amide bonds. The highest BCUT2D eigenvalue weighted by Gasteiger charge is 2.26. The molecule has 2 saturated heterocycles. The fourth-order valence-corrected chi connectivity index (χ4v) is 3.47. The monoisotopic (exact) mass is 303 g/mol. The third kappa shape index (κ3) is 3.80. The van der Waals surface area contributed by atoms with Crippen molar-refractivity contribution >= 4 is 5.91 Å². The lowest BCUT2D eigenvalue weighted by Gasteiger charge is -2.25. The quantitative estimate of drug-likeness (QED) is 0.858. The van der Waals surface area contributed by atoms with E-state index in [9.17, 15) is 4.79 Å². The van der Waals surface area contributed by atoms with Crippen LogP contribution in [0.15, 0.2) is 24.3 Å². The van der Waals surface area contributed by atoms with Gasteiger partial charge in [-0.25, -0.2) is 0 Å². The van der Waals surface area contributed by atoms with E-state index in [4.69, 9.17) is 9.47 Å². The van der Waals surface area contributed by atoms with Crippen molar-refractivity contribution in [1.82, 2.24) is 4.90 Å². The Balaban J connectivity index is 1.62. The Hall–Kier alpha value is -1.55. The topological polar surface area (TPSA) is 38.8 Å². The predicted octanol–water partition coefficient (Wildman–Crippen LogP) is 2.80. The summed E-state index contributed by atoms with van der Waals surface area (Å²) in [7, 11) is 0. The van der Waals surface area contributed by atoms with Crippen molar-refractivity contribution in [3.05, 3.63) is 29.8 Å². The van der Waals surface area contributed by atoms with Gasteiger partial charge in [0.2, 0.25) is 5.91 Å². The molecule has 1 unspecified atom stereocenters. The second kappa shape index (κ2) is 7.14. The van der Waals surface area contributed by atoms with E-state index in [1.54, 1.807) is 6.92 Å². The molecular formula is C18H25NO3. The van der Waals surface area contributed by atoms with Crippen LogP contribution in [0.25, 0.3) is 0 Å². The van der Waals surface area contributed by atoms with Crippen LogP contribution in [0.3, 0.4) is 0 Å². The zero-order chi connectivity index (χ0) is 15.4. The SMILES string of the molecule is CC(=O)N1CCCC1Cc1cccc(OC2CCOCC2)c1. The molecule has 0 aliphatic carbocycles. The summed E-state index contributed by atoms with van der Waals surface area (Å²) in [5.41, 5.74) is 1.25. The Kier molecular flexibility index (Phi) is 4.98. The van der Waals surface area contributed by atoms with Gasteiger partial charge in [0, 0.05) is 32.4 Å². The second-order valence-electron chi connectivity index (χ2n) is 6.29. The maximum atomic E-state index is 11.7. The second-order valence-corrected chi connectivity index (χ2v) is 6.29. The summed E-state index contributed by atoms with van der Waals surface area (Å²) in [5.74, 6) is 1.13. The Morgan fingerprint density at radius 2 is 2.14 bits per heavy atom. The van der Waals surface area contributed by atoms with Gasteiger partial charge in [-0.15, -0.1) is 0 Å². The molecule has 4 nitrogen and oxygen atoms in total. The third-order valence-electron chi connectivity index (χ3n) is 4.62. The summed E-state index contributed by atoms with van der Waals surface area (Å²) < 4.78 is 11.4. The molecule has 3 rings (SSSR count). The number of carbonyl (C=O) groups excluding carboxylic acids is 1. The lowest BCUT2D eigenvalue weighted by atomic mass is 10.0. The zero-order valence-electron chi connectivity index (χ0n) is 13.3. The van der Waals surface area contributed by atoms with Crippen molar-refractivity contribution in [2.24, 2.45) is 0 Å². The van der Waals surface area contributed by atoms with Gasteiger partial charge in [0.15, 0.2) is 0 Å². The summed E-state index contributed by atoms with van der Waals surface area (Å²) in [6.45, 7) is 4.15. The first-order chi connectivity index (χ1) is 10.7. The molecule has 0 saturated carbocycles. The summed E-state index contributed by atoms with van der Waals surface area (Å²) in [6, 6.07) is 8.68. The first kappa shape index (κ1) is 15.3. The number of nitrogens with zero attached hydrogens (tertiary/aromatic N) is 1. The van der Waals surface area contributed by atoms with Crippen molar-refractivity contribution < 1.29 is 14.3 Å². The fraction of sp³-hybridized carbons (Fsp3) is 0.611. The van der Waals surface area contributed by atoms with E-state index in [1.807, 2.05) is 11.0 Å². The molecule has 2 aliphatic rings. The third-order valence-corrected chi connectivity index (χ3v) is 4.62. The minimum Gasteiger partial charge on any atom is -0.490 e. The van der Waals surface area contributed by atoms with Crippen molar-refractivity contribution in [3.8, 4) is 5.75 Å². The Labute approximate surface area is 132 Å². The molecular weight excluding hydrogens is 278 g/mol. The first-order valence-electron chi connectivity index (χ1n) is 8.33. The van der Waals surface area contributed by atoms with Crippen LogP contribution in [-0.2, 0) is 16.0 Å². The zero-order valence-corrected chi connectivity index (χ0v) is 13.3. The fourth-order valence-electron chi connectivity index (χ4n) is 3.47. The van der Waals surface area contributed by atoms with Gasteiger partial charge >= 0.3 is 0 Å². The number of rotatable bonds is 4. The van der Waals surface area contributed by atoms with Crippen molar-refractivity contribution in [3.63, 3.8) is 0 Å². The first-order valence-corrected chi connectivity index (χ1v) is 8.33. The van der Waals surface area contributed by atoms with Crippen molar-refractivity contribution in [2.75, 3.05) is 19.8 Å². The van der Waals surface area contributed by atoms with Gasteiger partial charge in [-0.1, -0.05) is 12.1 Å². The lowest BCUT2D eigenvalue weighted by Crippen LogP contribution is -2.35. The maximum Gasteiger partial charge on any atom is 0.219 e. The van der Waals surface area contributed by atoms with Crippen LogP contribution in [0.4, 0.5) is 0 Å². The van der Waals surface area contributed by atoms with Gasteiger partial charge in [0.25, 0.3) is 0 Å². The molecule has 0 radical (unpaired) electrons. The minimum atomic E-state index is 0.192. The van der Waals surface area contributed by atoms with Gasteiger partial charge in [0.1, 0.15) is 11.9 Å². The summed E-state index contributed by atoms with van der Waals surface area (Å²) in [5, 5.41) is 0. The smallest absolute Gasteiger partial charge is 0.219 e.